The number of aliphatic hydroxyl groups excluding tert-OH is 1. The molecule has 0 bridgehead atoms. The van der Waals surface area contributed by atoms with Gasteiger partial charge in [0.05, 0.1) is 12.6 Å². The molecule has 0 fully saturated rings. The summed E-state index contributed by atoms with van der Waals surface area (Å²) >= 11 is 0. The van der Waals surface area contributed by atoms with Crippen molar-refractivity contribution in [3.05, 3.63) is 18.2 Å². The number of aromatic nitrogens is 2. The van der Waals surface area contributed by atoms with Crippen LogP contribution in [0.1, 0.15) is 45.5 Å². The molecule has 0 aliphatic rings. The molecule has 16 heavy (non-hydrogen) atoms. The Balaban J connectivity index is 2.69. The summed E-state index contributed by atoms with van der Waals surface area (Å²) in [5, 5.41) is 12.9. The zero-order valence-electron chi connectivity index (χ0n) is 10.7. The first-order valence-corrected chi connectivity index (χ1v) is 5.88. The molecule has 4 heteroatoms. The van der Waals surface area contributed by atoms with Crippen LogP contribution in [-0.2, 0) is 7.05 Å². The highest BCUT2D eigenvalue weighted by atomic mass is 16.3. The van der Waals surface area contributed by atoms with Crippen LogP contribution >= 0.6 is 0 Å². The highest BCUT2D eigenvalue weighted by Gasteiger charge is 2.25. The highest BCUT2D eigenvalue weighted by molar-refractivity contribution is 4.99. The first kappa shape index (κ1) is 13.2. The Labute approximate surface area is 97.7 Å². The lowest BCUT2D eigenvalue weighted by molar-refractivity contribution is 0.152. The van der Waals surface area contributed by atoms with Gasteiger partial charge in [-0.2, -0.15) is 0 Å². The van der Waals surface area contributed by atoms with E-state index in [0.29, 0.717) is 0 Å². The number of nitrogens with one attached hydrogen (secondary N) is 1. The summed E-state index contributed by atoms with van der Waals surface area (Å²) in [6, 6.07) is 0.142. The second kappa shape index (κ2) is 5.46. The van der Waals surface area contributed by atoms with Crippen LogP contribution < -0.4 is 5.32 Å². The fourth-order valence-corrected chi connectivity index (χ4v) is 2.13. The smallest absolute Gasteiger partial charge is 0.125 e. The molecule has 0 saturated carbocycles. The van der Waals surface area contributed by atoms with Gasteiger partial charge in [-0.15, -0.1) is 0 Å². The van der Waals surface area contributed by atoms with Crippen molar-refractivity contribution in [2.45, 2.75) is 45.2 Å². The lowest BCUT2D eigenvalue weighted by Gasteiger charge is -2.31. The SMILES string of the molecule is CCCC(C)(CO)NC(C)c1nccn1C. The van der Waals surface area contributed by atoms with Crippen LogP contribution in [0.2, 0.25) is 0 Å². The van der Waals surface area contributed by atoms with E-state index in [9.17, 15) is 5.11 Å². The molecule has 1 aromatic rings. The summed E-state index contributed by atoms with van der Waals surface area (Å²) < 4.78 is 2.00. The van der Waals surface area contributed by atoms with Crippen LogP contribution in [0, 0.1) is 0 Å². The second-order valence-corrected chi connectivity index (χ2v) is 4.73. The van der Waals surface area contributed by atoms with Gasteiger partial charge < -0.3 is 15.0 Å². The van der Waals surface area contributed by atoms with Gasteiger partial charge in [0.25, 0.3) is 0 Å². The van der Waals surface area contributed by atoms with E-state index < -0.39 is 0 Å². The summed E-state index contributed by atoms with van der Waals surface area (Å²) in [4.78, 5) is 4.31. The van der Waals surface area contributed by atoms with E-state index in [2.05, 4.69) is 31.1 Å². The molecule has 0 aliphatic heterocycles. The van der Waals surface area contributed by atoms with Crippen molar-refractivity contribution < 1.29 is 5.11 Å². The Morgan fingerprint density at radius 2 is 2.31 bits per heavy atom. The maximum atomic E-state index is 9.44. The van der Waals surface area contributed by atoms with Gasteiger partial charge in [0.1, 0.15) is 5.82 Å². The molecule has 1 aromatic heterocycles. The molecular formula is C12H23N3O. The van der Waals surface area contributed by atoms with Crippen molar-refractivity contribution in [1.82, 2.24) is 14.9 Å². The van der Waals surface area contributed by atoms with E-state index in [0.717, 1.165) is 18.7 Å². The molecule has 0 aromatic carbocycles. The van der Waals surface area contributed by atoms with Crippen molar-refractivity contribution >= 4 is 0 Å². The molecule has 92 valence electrons. The minimum Gasteiger partial charge on any atom is -0.394 e. The van der Waals surface area contributed by atoms with Gasteiger partial charge in [-0.25, -0.2) is 4.98 Å². The summed E-state index contributed by atoms with van der Waals surface area (Å²) in [5.74, 6) is 0.996. The Kier molecular flexibility index (Phi) is 4.50. The lowest BCUT2D eigenvalue weighted by Crippen LogP contribution is -2.47. The first-order chi connectivity index (χ1) is 7.52. The van der Waals surface area contributed by atoms with Crippen molar-refractivity contribution in [3.63, 3.8) is 0 Å². The summed E-state index contributed by atoms with van der Waals surface area (Å²) in [5.41, 5.74) is -0.222. The fourth-order valence-electron chi connectivity index (χ4n) is 2.13. The average molecular weight is 225 g/mol. The van der Waals surface area contributed by atoms with Crippen LogP contribution in [0.15, 0.2) is 12.4 Å². The predicted octanol–water partition coefficient (Wildman–Crippen LogP) is 1.62. The van der Waals surface area contributed by atoms with Gasteiger partial charge in [0, 0.05) is 25.0 Å². The summed E-state index contributed by atoms with van der Waals surface area (Å²) in [7, 11) is 1.98. The van der Waals surface area contributed by atoms with Gasteiger partial charge in [-0.05, 0) is 20.3 Å². The van der Waals surface area contributed by atoms with Crippen molar-refractivity contribution in [1.29, 1.82) is 0 Å². The molecule has 1 rings (SSSR count). The van der Waals surface area contributed by atoms with E-state index >= 15 is 0 Å². The summed E-state index contributed by atoms with van der Waals surface area (Å²) in [6.07, 6.45) is 5.74. The monoisotopic (exact) mass is 225 g/mol. The number of aryl methyl sites for hydroxylation is 1. The number of rotatable bonds is 6. The number of hydrogen-bond acceptors (Lipinski definition) is 3. The molecule has 0 aliphatic carbocycles. The van der Waals surface area contributed by atoms with Gasteiger partial charge >= 0.3 is 0 Å². The Morgan fingerprint density at radius 3 is 2.75 bits per heavy atom. The van der Waals surface area contributed by atoms with E-state index in [4.69, 9.17) is 0 Å². The van der Waals surface area contributed by atoms with Gasteiger partial charge in [0.2, 0.25) is 0 Å². The standard InChI is InChI=1S/C12H23N3O/c1-5-6-12(3,9-16)14-10(2)11-13-7-8-15(11)4/h7-8,10,14,16H,5-6,9H2,1-4H3. The molecule has 0 saturated heterocycles. The number of imidazole rings is 1. The predicted molar refractivity (Wildman–Crippen MR) is 65.2 cm³/mol. The maximum Gasteiger partial charge on any atom is 0.125 e. The van der Waals surface area contributed by atoms with Gasteiger partial charge in [-0.3, -0.25) is 0 Å². The fraction of sp³-hybridized carbons (Fsp3) is 0.750. The Bertz CT molecular complexity index is 324. The van der Waals surface area contributed by atoms with Crippen LogP contribution in [0.4, 0.5) is 0 Å². The molecule has 2 N–H and O–H groups in total. The molecule has 1 heterocycles. The third kappa shape index (κ3) is 3.06. The number of hydrogen-bond donors (Lipinski definition) is 2. The Hall–Kier alpha value is -0.870. The van der Waals surface area contributed by atoms with E-state index in [1.165, 1.54) is 0 Å². The van der Waals surface area contributed by atoms with Crippen molar-refractivity contribution in [2.75, 3.05) is 6.61 Å². The largest absolute Gasteiger partial charge is 0.394 e. The quantitative estimate of drug-likeness (QED) is 0.773. The summed E-state index contributed by atoms with van der Waals surface area (Å²) in [6.45, 7) is 6.40. The molecule has 0 amide bonds. The van der Waals surface area contributed by atoms with Crippen LogP contribution in [0.5, 0.6) is 0 Å². The minimum atomic E-state index is -0.222. The molecule has 2 unspecified atom stereocenters. The van der Waals surface area contributed by atoms with E-state index in [-0.39, 0.29) is 18.2 Å². The third-order valence-electron chi connectivity index (χ3n) is 2.96. The number of nitrogens with zero attached hydrogens (tertiary/aromatic N) is 2. The van der Waals surface area contributed by atoms with Crippen molar-refractivity contribution in [2.24, 2.45) is 7.05 Å². The topological polar surface area (TPSA) is 50.1 Å². The molecular weight excluding hydrogens is 202 g/mol. The zero-order chi connectivity index (χ0) is 12.2. The van der Waals surface area contributed by atoms with E-state index in [1.54, 1.807) is 6.20 Å². The second-order valence-electron chi connectivity index (χ2n) is 4.73. The van der Waals surface area contributed by atoms with E-state index in [1.807, 2.05) is 17.8 Å². The zero-order valence-corrected chi connectivity index (χ0v) is 10.7. The maximum absolute atomic E-state index is 9.44. The molecule has 0 spiro atoms. The normalized spacial score (nSPS) is 17.1. The average Bonchev–Trinajstić information content (AvgIpc) is 2.65. The van der Waals surface area contributed by atoms with Crippen LogP contribution in [-0.4, -0.2) is 26.8 Å². The molecule has 2 atom stereocenters. The molecule has 0 radical (unpaired) electrons. The van der Waals surface area contributed by atoms with Crippen LogP contribution in [0.3, 0.4) is 0 Å². The molecule has 4 nitrogen and oxygen atoms in total. The van der Waals surface area contributed by atoms with Crippen molar-refractivity contribution in [3.8, 4) is 0 Å². The highest BCUT2D eigenvalue weighted by Crippen LogP contribution is 2.18. The third-order valence-corrected chi connectivity index (χ3v) is 2.96. The first-order valence-electron chi connectivity index (χ1n) is 5.88. The Morgan fingerprint density at radius 1 is 1.62 bits per heavy atom. The number of aliphatic hydroxyl groups is 1. The van der Waals surface area contributed by atoms with Gasteiger partial charge in [-0.1, -0.05) is 13.3 Å². The lowest BCUT2D eigenvalue weighted by atomic mass is 9.96. The van der Waals surface area contributed by atoms with Gasteiger partial charge in [0.15, 0.2) is 0 Å². The minimum absolute atomic E-state index is 0.142. The van der Waals surface area contributed by atoms with Crippen LogP contribution in [0.25, 0.3) is 0 Å².